The fourth-order valence-electron chi connectivity index (χ4n) is 1.97. The molecule has 4 nitrogen and oxygen atoms in total. The van der Waals surface area contributed by atoms with Gasteiger partial charge >= 0.3 is 5.97 Å². The molecule has 22 heavy (non-hydrogen) atoms. The lowest BCUT2D eigenvalue weighted by Crippen LogP contribution is -2.31. The molecule has 0 aliphatic rings. The molecule has 0 fully saturated rings. The minimum atomic E-state index is -0.793. The lowest BCUT2D eigenvalue weighted by atomic mass is 10.1. The van der Waals surface area contributed by atoms with Crippen LogP contribution in [0.4, 0.5) is 0 Å². The van der Waals surface area contributed by atoms with Crippen LogP contribution in [0.1, 0.15) is 57.7 Å². The number of aryl methyl sites for hydroxylation is 2. The topological polar surface area (TPSA) is 48.4 Å². The lowest BCUT2D eigenvalue weighted by Gasteiger charge is -2.29. The number of aromatic nitrogens is 1. The molecule has 0 bridgehead atoms. The smallest absolute Gasteiger partial charge is 0.340 e. The molecule has 1 aromatic heterocycles. The molecule has 0 aromatic carbocycles. The Balaban J connectivity index is 3.39. The molecule has 0 saturated carbocycles. The molecular formula is C16H23BrINO3. The Morgan fingerprint density at radius 2 is 1.77 bits per heavy atom. The van der Waals surface area contributed by atoms with Gasteiger partial charge in [0, 0.05) is 14.8 Å². The summed E-state index contributed by atoms with van der Waals surface area (Å²) < 4.78 is 13.2. The van der Waals surface area contributed by atoms with Crippen molar-refractivity contribution in [1.82, 2.24) is 4.98 Å². The van der Waals surface area contributed by atoms with Crippen molar-refractivity contribution in [2.75, 3.05) is 0 Å². The molecule has 0 amide bonds. The van der Waals surface area contributed by atoms with Gasteiger partial charge in [-0.25, -0.2) is 4.79 Å². The van der Waals surface area contributed by atoms with Gasteiger partial charge < -0.3 is 9.47 Å². The van der Waals surface area contributed by atoms with Crippen molar-refractivity contribution >= 4 is 44.5 Å². The monoisotopic (exact) mass is 483 g/mol. The predicted octanol–water partition coefficient (Wildman–Crippen LogP) is 4.87. The number of hydrogen-bond donors (Lipinski definition) is 0. The molecule has 0 spiro atoms. The van der Waals surface area contributed by atoms with Crippen LogP contribution in [-0.4, -0.2) is 22.7 Å². The zero-order valence-corrected chi connectivity index (χ0v) is 17.8. The molecule has 1 unspecified atom stereocenters. The molecule has 124 valence electrons. The summed E-state index contributed by atoms with van der Waals surface area (Å²) in [6, 6.07) is 0. The average Bonchev–Trinajstić information content (AvgIpc) is 2.32. The van der Waals surface area contributed by atoms with Crippen molar-refractivity contribution in [1.29, 1.82) is 0 Å². The largest absolute Gasteiger partial charge is 0.461 e. The van der Waals surface area contributed by atoms with Crippen molar-refractivity contribution in [3.05, 3.63) is 25.0 Å². The first kappa shape index (κ1) is 19.8. The summed E-state index contributed by atoms with van der Waals surface area (Å²) in [7, 11) is 0. The van der Waals surface area contributed by atoms with Gasteiger partial charge in [-0.1, -0.05) is 0 Å². The summed E-state index contributed by atoms with van der Waals surface area (Å²) in [4.78, 5) is 17.0. The van der Waals surface area contributed by atoms with Gasteiger partial charge in [-0.2, -0.15) is 0 Å². The first-order chi connectivity index (χ1) is 9.94. The Bertz CT molecular complexity index is 567. The van der Waals surface area contributed by atoms with Crippen LogP contribution in [0.15, 0.2) is 4.47 Å². The molecule has 6 heteroatoms. The maximum absolute atomic E-state index is 12.5. The molecule has 0 saturated heterocycles. The molecule has 1 heterocycles. The summed E-state index contributed by atoms with van der Waals surface area (Å²) in [6.45, 7) is 13.2. The van der Waals surface area contributed by atoms with E-state index in [-0.39, 0.29) is 12.1 Å². The van der Waals surface area contributed by atoms with E-state index in [2.05, 4.69) is 43.5 Å². The summed E-state index contributed by atoms with van der Waals surface area (Å²) >= 11 is 5.75. The van der Waals surface area contributed by atoms with Gasteiger partial charge in [-0.15, -0.1) is 0 Å². The van der Waals surface area contributed by atoms with Crippen LogP contribution in [0.2, 0.25) is 0 Å². The van der Waals surface area contributed by atoms with Crippen molar-refractivity contribution in [3.8, 4) is 0 Å². The van der Waals surface area contributed by atoms with Gasteiger partial charge in [-0.05, 0) is 87.0 Å². The van der Waals surface area contributed by atoms with E-state index >= 15 is 0 Å². The van der Waals surface area contributed by atoms with Crippen LogP contribution in [0.25, 0.3) is 0 Å². The highest BCUT2D eigenvalue weighted by molar-refractivity contribution is 14.1. The Morgan fingerprint density at radius 1 is 1.23 bits per heavy atom. The van der Waals surface area contributed by atoms with E-state index in [9.17, 15) is 4.79 Å². The summed E-state index contributed by atoms with van der Waals surface area (Å²) in [6.07, 6.45) is -0.989. The second-order valence-electron chi connectivity index (χ2n) is 6.42. The standard InChI is InChI=1S/C16H23BrINO3/c1-8(2)21-15(20)14(22-16(5,6)7)11-9(3)19-10(4)12(17)13(11)18/h8,14H,1-7H3. The van der Waals surface area contributed by atoms with E-state index in [0.29, 0.717) is 0 Å². The Labute approximate surface area is 154 Å². The zero-order chi connectivity index (χ0) is 17.2. The number of rotatable bonds is 4. The van der Waals surface area contributed by atoms with Crippen LogP contribution in [0.5, 0.6) is 0 Å². The molecule has 0 N–H and O–H groups in total. The van der Waals surface area contributed by atoms with Crippen LogP contribution >= 0.6 is 38.5 Å². The highest BCUT2D eigenvalue weighted by Gasteiger charge is 2.33. The second-order valence-corrected chi connectivity index (χ2v) is 8.29. The first-order valence-corrected chi connectivity index (χ1v) is 9.01. The van der Waals surface area contributed by atoms with Crippen LogP contribution in [0, 0.1) is 17.4 Å². The van der Waals surface area contributed by atoms with Gasteiger partial charge in [0.1, 0.15) is 0 Å². The molecular weight excluding hydrogens is 461 g/mol. The zero-order valence-electron chi connectivity index (χ0n) is 14.1. The maximum Gasteiger partial charge on any atom is 0.340 e. The molecule has 1 aromatic rings. The number of pyridine rings is 1. The van der Waals surface area contributed by atoms with Crippen molar-refractivity contribution < 1.29 is 14.3 Å². The minimum absolute atomic E-state index is 0.196. The fourth-order valence-corrected chi connectivity index (χ4v) is 3.34. The lowest BCUT2D eigenvalue weighted by molar-refractivity contribution is -0.171. The normalized spacial score (nSPS) is 13.4. The average molecular weight is 484 g/mol. The van der Waals surface area contributed by atoms with E-state index < -0.39 is 11.7 Å². The number of halogens is 2. The van der Waals surface area contributed by atoms with E-state index in [0.717, 1.165) is 25.0 Å². The van der Waals surface area contributed by atoms with E-state index in [1.807, 2.05) is 48.5 Å². The molecule has 1 rings (SSSR count). The van der Waals surface area contributed by atoms with Crippen molar-refractivity contribution in [2.45, 2.75) is 66.3 Å². The molecule has 0 radical (unpaired) electrons. The van der Waals surface area contributed by atoms with Gasteiger partial charge in [0.15, 0.2) is 6.10 Å². The van der Waals surface area contributed by atoms with Crippen LogP contribution in [-0.2, 0) is 14.3 Å². The van der Waals surface area contributed by atoms with E-state index in [4.69, 9.17) is 9.47 Å². The number of ether oxygens (including phenoxy) is 2. The predicted molar refractivity (Wildman–Crippen MR) is 98.9 cm³/mol. The SMILES string of the molecule is Cc1nc(C)c(C(OC(C)(C)C)C(=O)OC(C)C)c(I)c1Br. The van der Waals surface area contributed by atoms with Gasteiger partial charge in [0.05, 0.1) is 21.9 Å². The van der Waals surface area contributed by atoms with E-state index in [1.54, 1.807) is 0 Å². The Hall–Kier alpha value is -0.210. The highest BCUT2D eigenvalue weighted by atomic mass is 127. The third-order valence-electron chi connectivity index (χ3n) is 2.77. The van der Waals surface area contributed by atoms with Gasteiger partial charge in [-0.3, -0.25) is 4.98 Å². The number of carbonyl (C=O) groups excluding carboxylic acids is 1. The van der Waals surface area contributed by atoms with Gasteiger partial charge in [0.2, 0.25) is 0 Å². The summed E-state index contributed by atoms with van der Waals surface area (Å²) in [5.74, 6) is -0.386. The van der Waals surface area contributed by atoms with E-state index in [1.165, 1.54) is 0 Å². The third-order valence-corrected chi connectivity index (χ3v) is 5.60. The van der Waals surface area contributed by atoms with Gasteiger partial charge in [0.25, 0.3) is 0 Å². The minimum Gasteiger partial charge on any atom is -0.461 e. The maximum atomic E-state index is 12.5. The van der Waals surface area contributed by atoms with Crippen LogP contribution < -0.4 is 0 Å². The molecule has 0 aliphatic carbocycles. The summed E-state index contributed by atoms with van der Waals surface area (Å²) in [5, 5.41) is 0. The number of hydrogen-bond acceptors (Lipinski definition) is 4. The Morgan fingerprint density at radius 3 is 2.23 bits per heavy atom. The molecule has 0 aliphatic heterocycles. The van der Waals surface area contributed by atoms with Crippen molar-refractivity contribution in [3.63, 3.8) is 0 Å². The third kappa shape index (κ3) is 5.16. The first-order valence-electron chi connectivity index (χ1n) is 7.14. The number of nitrogens with zero attached hydrogens (tertiary/aromatic N) is 1. The Kier molecular flexibility index (Phi) is 6.83. The van der Waals surface area contributed by atoms with Crippen LogP contribution in [0.3, 0.4) is 0 Å². The number of esters is 1. The number of carbonyl (C=O) groups is 1. The quantitative estimate of drug-likeness (QED) is 0.452. The molecule has 1 atom stereocenters. The summed E-state index contributed by atoms with van der Waals surface area (Å²) in [5.41, 5.74) is 1.95. The second kappa shape index (κ2) is 7.57. The highest BCUT2D eigenvalue weighted by Crippen LogP contribution is 2.35. The fraction of sp³-hybridized carbons (Fsp3) is 0.625. The van der Waals surface area contributed by atoms with Crippen molar-refractivity contribution in [2.24, 2.45) is 0 Å².